The van der Waals surface area contributed by atoms with E-state index in [1.807, 2.05) is 11.8 Å². The highest BCUT2D eigenvalue weighted by molar-refractivity contribution is 5.96. The zero-order valence-corrected chi connectivity index (χ0v) is 12.3. The van der Waals surface area contributed by atoms with Gasteiger partial charge in [0.2, 0.25) is 11.8 Å². The number of nitrogens with one attached hydrogen (secondary N) is 1. The largest absolute Gasteiger partial charge is 0.343 e. The second kappa shape index (κ2) is 5.93. The second-order valence-electron chi connectivity index (χ2n) is 6.08. The van der Waals surface area contributed by atoms with E-state index in [1.54, 1.807) is 6.92 Å². The summed E-state index contributed by atoms with van der Waals surface area (Å²) in [6, 6.07) is -0.395. The lowest BCUT2D eigenvalue weighted by molar-refractivity contribution is -0.153. The smallest absolute Gasteiger partial charge is 0.245 e. The Morgan fingerprint density at radius 3 is 2.53 bits per heavy atom. The van der Waals surface area contributed by atoms with Crippen molar-refractivity contribution in [2.75, 3.05) is 0 Å². The van der Waals surface area contributed by atoms with Gasteiger partial charge in [0.1, 0.15) is 12.1 Å². The summed E-state index contributed by atoms with van der Waals surface area (Å²) >= 11 is 0. The lowest BCUT2D eigenvalue weighted by Gasteiger charge is -2.44. The summed E-state index contributed by atoms with van der Waals surface area (Å²) in [6.45, 7) is 6.01. The Hall–Kier alpha value is -1.06. The number of piperazine rings is 1. The normalized spacial score (nSPS) is 36.9. The Kier molecular flexibility index (Phi) is 4.48. The molecule has 0 aromatic heterocycles. The third kappa shape index (κ3) is 2.77. The third-order valence-corrected chi connectivity index (χ3v) is 4.68. The van der Waals surface area contributed by atoms with E-state index in [0.717, 1.165) is 6.42 Å². The van der Waals surface area contributed by atoms with Gasteiger partial charge in [0.25, 0.3) is 0 Å². The minimum atomic E-state index is -0.370. The number of hydrogen-bond acceptors (Lipinski definition) is 2. The minimum absolute atomic E-state index is 0.0195. The fourth-order valence-electron chi connectivity index (χ4n) is 3.54. The fourth-order valence-corrected chi connectivity index (χ4v) is 3.54. The molecule has 2 fully saturated rings. The first-order valence-electron chi connectivity index (χ1n) is 7.68. The molecule has 1 heterocycles. The van der Waals surface area contributed by atoms with Crippen LogP contribution in [0.15, 0.2) is 0 Å². The summed E-state index contributed by atoms with van der Waals surface area (Å²) in [7, 11) is 0. The van der Waals surface area contributed by atoms with E-state index in [0.29, 0.717) is 12.3 Å². The van der Waals surface area contributed by atoms with Crippen molar-refractivity contribution in [3.05, 3.63) is 0 Å². The molecular weight excluding hydrogens is 240 g/mol. The Morgan fingerprint density at radius 1 is 1.16 bits per heavy atom. The topological polar surface area (TPSA) is 49.4 Å². The number of carbonyl (C=O) groups excluding carboxylic acids is 2. The molecule has 4 atom stereocenters. The van der Waals surface area contributed by atoms with Crippen molar-refractivity contribution < 1.29 is 9.59 Å². The summed E-state index contributed by atoms with van der Waals surface area (Å²) < 4.78 is 0. The zero-order valence-electron chi connectivity index (χ0n) is 12.3. The molecule has 2 amide bonds. The molecule has 2 rings (SSSR count). The fraction of sp³-hybridized carbons (Fsp3) is 0.867. The molecule has 4 unspecified atom stereocenters. The van der Waals surface area contributed by atoms with Gasteiger partial charge in [-0.15, -0.1) is 0 Å². The van der Waals surface area contributed by atoms with E-state index in [2.05, 4.69) is 12.2 Å². The highest BCUT2D eigenvalue weighted by atomic mass is 16.2. The highest BCUT2D eigenvalue weighted by Gasteiger charge is 2.42. The van der Waals surface area contributed by atoms with E-state index < -0.39 is 0 Å². The first kappa shape index (κ1) is 14.4. The van der Waals surface area contributed by atoms with Gasteiger partial charge in [0.05, 0.1) is 0 Å². The van der Waals surface area contributed by atoms with Crippen LogP contribution in [0.2, 0.25) is 0 Å². The van der Waals surface area contributed by atoms with Gasteiger partial charge >= 0.3 is 0 Å². The van der Waals surface area contributed by atoms with E-state index in [-0.39, 0.29) is 29.9 Å². The van der Waals surface area contributed by atoms with Gasteiger partial charge in [-0.1, -0.05) is 33.1 Å². The maximum absolute atomic E-state index is 12.5. The highest BCUT2D eigenvalue weighted by Crippen LogP contribution is 2.30. The van der Waals surface area contributed by atoms with Crippen molar-refractivity contribution in [2.24, 2.45) is 5.92 Å². The van der Waals surface area contributed by atoms with Crippen molar-refractivity contribution in [3.8, 4) is 0 Å². The first-order valence-corrected chi connectivity index (χ1v) is 7.68. The molecule has 2 aliphatic rings. The SMILES string of the molecule is CCC1C(=O)NC(C)C(=O)N1C1CCCCCC1C. The van der Waals surface area contributed by atoms with Crippen LogP contribution < -0.4 is 5.32 Å². The van der Waals surface area contributed by atoms with Crippen molar-refractivity contribution >= 4 is 11.8 Å². The molecule has 4 heteroatoms. The number of rotatable bonds is 2. The maximum atomic E-state index is 12.5. The zero-order chi connectivity index (χ0) is 14.0. The van der Waals surface area contributed by atoms with Crippen molar-refractivity contribution in [1.29, 1.82) is 0 Å². The average Bonchev–Trinajstić information content (AvgIpc) is 2.58. The van der Waals surface area contributed by atoms with E-state index in [1.165, 1.54) is 25.7 Å². The van der Waals surface area contributed by atoms with Gasteiger partial charge in [-0.2, -0.15) is 0 Å². The minimum Gasteiger partial charge on any atom is -0.343 e. The summed E-state index contributed by atoms with van der Waals surface area (Å²) in [5.74, 6) is 0.620. The average molecular weight is 266 g/mol. The standard InChI is InChI=1S/C15H26N2O2/c1-4-12-14(18)16-11(3)15(19)17(12)13-9-7-5-6-8-10(13)2/h10-13H,4-9H2,1-3H3,(H,16,18). The maximum Gasteiger partial charge on any atom is 0.245 e. The van der Waals surface area contributed by atoms with Crippen LogP contribution in [0.4, 0.5) is 0 Å². The van der Waals surface area contributed by atoms with E-state index in [9.17, 15) is 9.59 Å². The lowest BCUT2D eigenvalue weighted by atomic mass is 9.91. The van der Waals surface area contributed by atoms with Crippen molar-refractivity contribution in [3.63, 3.8) is 0 Å². The molecule has 1 saturated carbocycles. The van der Waals surface area contributed by atoms with Gasteiger partial charge in [-0.25, -0.2) is 0 Å². The third-order valence-electron chi connectivity index (χ3n) is 4.68. The molecular formula is C15H26N2O2. The molecule has 19 heavy (non-hydrogen) atoms. The van der Waals surface area contributed by atoms with Crippen LogP contribution in [0.3, 0.4) is 0 Å². The number of nitrogens with zero attached hydrogens (tertiary/aromatic N) is 1. The summed E-state index contributed by atoms with van der Waals surface area (Å²) in [6.07, 6.45) is 6.59. The molecule has 1 N–H and O–H groups in total. The van der Waals surface area contributed by atoms with Crippen LogP contribution in [0.5, 0.6) is 0 Å². The molecule has 1 aliphatic heterocycles. The number of amides is 2. The van der Waals surface area contributed by atoms with Gasteiger partial charge in [0, 0.05) is 6.04 Å². The van der Waals surface area contributed by atoms with Crippen LogP contribution >= 0.6 is 0 Å². The van der Waals surface area contributed by atoms with E-state index >= 15 is 0 Å². The second-order valence-corrected chi connectivity index (χ2v) is 6.08. The summed E-state index contributed by atoms with van der Waals surface area (Å²) in [5.41, 5.74) is 0. The quantitative estimate of drug-likeness (QED) is 0.778. The molecule has 4 nitrogen and oxygen atoms in total. The van der Waals surface area contributed by atoms with Crippen molar-refractivity contribution in [2.45, 2.75) is 77.4 Å². The Labute approximate surface area is 115 Å². The molecule has 0 aromatic rings. The molecule has 0 aromatic carbocycles. The molecule has 0 spiro atoms. The van der Waals surface area contributed by atoms with Crippen LogP contribution in [0.25, 0.3) is 0 Å². The van der Waals surface area contributed by atoms with Crippen molar-refractivity contribution in [1.82, 2.24) is 10.2 Å². The summed E-state index contributed by atoms with van der Waals surface area (Å²) in [5, 5.41) is 2.80. The Bertz CT molecular complexity index is 356. The number of carbonyl (C=O) groups is 2. The molecule has 1 saturated heterocycles. The van der Waals surface area contributed by atoms with Gasteiger partial charge < -0.3 is 10.2 Å². The first-order chi connectivity index (χ1) is 9.06. The van der Waals surface area contributed by atoms with Crippen LogP contribution in [-0.2, 0) is 9.59 Å². The molecule has 1 aliphatic carbocycles. The molecule has 0 bridgehead atoms. The monoisotopic (exact) mass is 266 g/mol. The van der Waals surface area contributed by atoms with Gasteiger partial charge in [-0.05, 0) is 32.1 Å². The lowest BCUT2D eigenvalue weighted by Crippen LogP contribution is -2.65. The van der Waals surface area contributed by atoms with E-state index in [4.69, 9.17) is 0 Å². The molecule has 0 radical (unpaired) electrons. The van der Waals surface area contributed by atoms with Gasteiger partial charge in [-0.3, -0.25) is 9.59 Å². The summed E-state index contributed by atoms with van der Waals surface area (Å²) in [4.78, 5) is 26.5. The van der Waals surface area contributed by atoms with Crippen LogP contribution in [0, 0.1) is 5.92 Å². The Balaban J connectivity index is 2.25. The van der Waals surface area contributed by atoms with Gasteiger partial charge in [0.15, 0.2) is 0 Å². The molecule has 108 valence electrons. The predicted molar refractivity (Wildman–Crippen MR) is 74.6 cm³/mol. The van der Waals surface area contributed by atoms with Crippen LogP contribution in [0.1, 0.15) is 59.3 Å². The van der Waals surface area contributed by atoms with Crippen LogP contribution in [-0.4, -0.2) is 34.8 Å². The predicted octanol–water partition coefficient (Wildman–Crippen LogP) is 2.08. The number of hydrogen-bond donors (Lipinski definition) is 1. The Morgan fingerprint density at radius 2 is 1.84 bits per heavy atom.